The molecule has 1 fully saturated rings. The zero-order chi connectivity index (χ0) is 10.5. The van der Waals surface area contributed by atoms with Crippen LogP contribution in [0.1, 0.15) is 29.9 Å². The largest absolute Gasteiger partial charge is 0.349 e. The predicted molar refractivity (Wildman–Crippen MR) is 52.2 cm³/mol. The van der Waals surface area contributed by atoms with Gasteiger partial charge in [-0.2, -0.15) is 5.21 Å². The second-order valence-electron chi connectivity index (χ2n) is 3.57. The van der Waals surface area contributed by atoms with Crippen LogP contribution in [-0.2, 0) is 0 Å². The van der Waals surface area contributed by atoms with Crippen LogP contribution in [-0.4, -0.2) is 45.7 Å². The molecular formula is C8H14N6O. The van der Waals surface area contributed by atoms with Crippen molar-refractivity contribution in [3.8, 4) is 0 Å². The Morgan fingerprint density at radius 2 is 2.53 bits per heavy atom. The molecule has 7 nitrogen and oxygen atoms in total. The van der Waals surface area contributed by atoms with Crippen LogP contribution in [0.4, 0.5) is 0 Å². The van der Waals surface area contributed by atoms with E-state index in [-0.39, 0.29) is 11.7 Å². The van der Waals surface area contributed by atoms with Gasteiger partial charge in [0.2, 0.25) is 0 Å². The van der Waals surface area contributed by atoms with Gasteiger partial charge in [-0.15, -0.1) is 10.2 Å². The second-order valence-corrected chi connectivity index (χ2v) is 3.57. The molecule has 15 heavy (non-hydrogen) atoms. The Morgan fingerprint density at radius 1 is 1.60 bits per heavy atom. The first-order valence-corrected chi connectivity index (χ1v) is 5.11. The van der Waals surface area contributed by atoms with Crippen molar-refractivity contribution in [2.45, 2.75) is 25.3 Å². The lowest BCUT2D eigenvalue weighted by atomic mass is 10.1. The molecular weight excluding hydrogens is 196 g/mol. The van der Waals surface area contributed by atoms with Gasteiger partial charge in [-0.3, -0.25) is 4.79 Å². The molecule has 7 heteroatoms. The Hall–Kier alpha value is -1.50. The molecule has 3 N–H and O–H groups in total. The Kier molecular flexibility index (Phi) is 3.23. The fraction of sp³-hybridized carbons (Fsp3) is 0.750. The van der Waals surface area contributed by atoms with Gasteiger partial charge in [0.25, 0.3) is 11.7 Å². The molecule has 0 saturated carbocycles. The van der Waals surface area contributed by atoms with Crippen molar-refractivity contribution in [1.29, 1.82) is 0 Å². The van der Waals surface area contributed by atoms with E-state index < -0.39 is 0 Å². The van der Waals surface area contributed by atoms with Gasteiger partial charge in [-0.25, -0.2) is 0 Å². The molecule has 1 aliphatic rings. The summed E-state index contributed by atoms with van der Waals surface area (Å²) in [5, 5.41) is 18.9. The monoisotopic (exact) mass is 210 g/mol. The molecule has 0 radical (unpaired) electrons. The van der Waals surface area contributed by atoms with Crippen LogP contribution in [0.25, 0.3) is 0 Å². The number of amides is 1. The van der Waals surface area contributed by atoms with Gasteiger partial charge in [-0.1, -0.05) is 0 Å². The summed E-state index contributed by atoms with van der Waals surface area (Å²) < 4.78 is 0. The number of aromatic nitrogens is 4. The molecule has 1 saturated heterocycles. The molecule has 2 rings (SSSR count). The lowest BCUT2D eigenvalue weighted by Crippen LogP contribution is -2.31. The molecule has 0 aromatic carbocycles. The fourth-order valence-electron chi connectivity index (χ4n) is 1.70. The first-order chi connectivity index (χ1) is 7.36. The average Bonchev–Trinajstić information content (AvgIpc) is 2.90. The predicted octanol–water partition coefficient (Wildman–Crippen LogP) is -0.928. The molecule has 1 aromatic rings. The van der Waals surface area contributed by atoms with Crippen LogP contribution in [0, 0.1) is 0 Å². The highest BCUT2D eigenvalue weighted by Gasteiger charge is 2.15. The van der Waals surface area contributed by atoms with E-state index in [9.17, 15) is 4.79 Å². The van der Waals surface area contributed by atoms with Crippen LogP contribution in [0.3, 0.4) is 0 Å². The quantitative estimate of drug-likeness (QED) is 0.597. The van der Waals surface area contributed by atoms with E-state index in [1.54, 1.807) is 0 Å². The van der Waals surface area contributed by atoms with Crippen LogP contribution < -0.4 is 10.6 Å². The maximum absolute atomic E-state index is 11.4. The van der Waals surface area contributed by atoms with E-state index >= 15 is 0 Å². The average molecular weight is 210 g/mol. The highest BCUT2D eigenvalue weighted by atomic mass is 16.2. The van der Waals surface area contributed by atoms with Gasteiger partial charge in [0, 0.05) is 12.6 Å². The maximum Gasteiger partial charge on any atom is 0.292 e. The molecule has 2 heterocycles. The zero-order valence-electron chi connectivity index (χ0n) is 8.36. The van der Waals surface area contributed by atoms with Crippen LogP contribution in [0.15, 0.2) is 0 Å². The van der Waals surface area contributed by atoms with Gasteiger partial charge < -0.3 is 10.6 Å². The summed E-state index contributed by atoms with van der Waals surface area (Å²) >= 11 is 0. The number of hydrogen-bond donors (Lipinski definition) is 3. The Morgan fingerprint density at radius 3 is 3.20 bits per heavy atom. The third-order valence-corrected chi connectivity index (χ3v) is 2.49. The lowest BCUT2D eigenvalue weighted by molar-refractivity contribution is 0.0942. The summed E-state index contributed by atoms with van der Waals surface area (Å²) in [4.78, 5) is 11.4. The molecule has 1 aliphatic heterocycles. The molecule has 1 amide bonds. The smallest absolute Gasteiger partial charge is 0.292 e. The van der Waals surface area contributed by atoms with E-state index in [1.807, 2.05) is 0 Å². The first-order valence-electron chi connectivity index (χ1n) is 5.11. The van der Waals surface area contributed by atoms with Crippen LogP contribution in [0.5, 0.6) is 0 Å². The van der Waals surface area contributed by atoms with Gasteiger partial charge in [0.1, 0.15) is 0 Å². The number of hydrogen-bond acceptors (Lipinski definition) is 5. The third-order valence-electron chi connectivity index (χ3n) is 2.49. The highest BCUT2D eigenvalue weighted by molar-refractivity contribution is 5.89. The van der Waals surface area contributed by atoms with Gasteiger partial charge in [0.15, 0.2) is 0 Å². The van der Waals surface area contributed by atoms with Gasteiger partial charge in [0.05, 0.1) is 0 Å². The summed E-state index contributed by atoms with van der Waals surface area (Å²) in [6.45, 7) is 1.73. The molecule has 0 aliphatic carbocycles. The fourth-order valence-corrected chi connectivity index (χ4v) is 1.70. The molecule has 0 spiro atoms. The van der Waals surface area contributed by atoms with Crippen molar-refractivity contribution >= 4 is 5.91 Å². The number of nitrogens with zero attached hydrogens (tertiary/aromatic N) is 3. The van der Waals surface area contributed by atoms with E-state index in [2.05, 4.69) is 31.3 Å². The van der Waals surface area contributed by atoms with Crippen molar-refractivity contribution in [3.63, 3.8) is 0 Å². The first kappa shape index (κ1) is 10.0. The summed E-state index contributed by atoms with van der Waals surface area (Å²) in [5.41, 5.74) is 0. The summed E-state index contributed by atoms with van der Waals surface area (Å²) in [5.74, 6) is -0.184. The molecule has 1 atom stereocenters. The van der Waals surface area contributed by atoms with Gasteiger partial charge >= 0.3 is 0 Å². The second kappa shape index (κ2) is 4.83. The highest BCUT2D eigenvalue weighted by Crippen LogP contribution is 2.07. The molecule has 1 aromatic heterocycles. The summed E-state index contributed by atoms with van der Waals surface area (Å²) in [6, 6.07) is 0.538. The number of carbonyl (C=O) groups excluding carboxylic acids is 1. The van der Waals surface area contributed by atoms with E-state index in [4.69, 9.17) is 0 Å². The summed E-state index contributed by atoms with van der Waals surface area (Å²) in [7, 11) is 0. The van der Waals surface area contributed by atoms with Gasteiger partial charge in [-0.05, 0) is 31.0 Å². The number of nitrogens with one attached hydrogen (secondary N) is 3. The van der Waals surface area contributed by atoms with Crippen molar-refractivity contribution < 1.29 is 4.79 Å². The standard InChI is InChI=1S/C8H14N6O/c15-8(7-11-13-14-12-7)10-5-3-6-2-1-4-9-6/h6,9H,1-5H2,(H,10,15)(H,11,12,13,14). The number of carbonyl (C=O) groups is 1. The minimum Gasteiger partial charge on any atom is -0.349 e. The molecule has 0 bridgehead atoms. The Bertz CT molecular complexity index is 305. The van der Waals surface area contributed by atoms with E-state index in [1.165, 1.54) is 12.8 Å². The topological polar surface area (TPSA) is 95.6 Å². The third kappa shape index (κ3) is 2.72. The zero-order valence-corrected chi connectivity index (χ0v) is 8.36. The number of rotatable bonds is 4. The Balaban J connectivity index is 1.67. The van der Waals surface area contributed by atoms with Crippen molar-refractivity contribution in [3.05, 3.63) is 5.82 Å². The normalized spacial score (nSPS) is 20.4. The van der Waals surface area contributed by atoms with Crippen LogP contribution >= 0.6 is 0 Å². The van der Waals surface area contributed by atoms with Crippen molar-refractivity contribution in [1.82, 2.24) is 31.3 Å². The summed E-state index contributed by atoms with van der Waals surface area (Å²) in [6.07, 6.45) is 3.37. The van der Waals surface area contributed by atoms with E-state index in [0.717, 1.165) is 13.0 Å². The minimum absolute atomic E-state index is 0.0920. The number of aromatic amines is 1. The number of H-pyrrole nitrogens is 1. The molecule has 82 valence electrons. The van der Waals surface area contributed by atoms with E-state index in [0.29, 0.717) is 12.6 Å². The number of tetrazole rings is 1. The lowest BCUT2D eigenvalue weighted by Gasteiger charge is -2.09. The Labute approximate surface area is 87.0 Å². The SMILES string of the molecule is O=C(NCCC1CCCN1)c1nn[nH]n1. The minimum atomic E-state index is -0.276. The van der Waals surface area contributed by atoms with Crippen molar-refractivity contribution in [2.24, 2.45) is 0 Å². The van der Waals surface area contributed by atoms with Crippen molar-refractivity contribution in [2.75, 3.05) is 13.1 Å². The maximum atomic E-state index is 11.4. The molecule has 1 unspecified atom stereocenters. The van der Waals surface area contributed by atoms with Crippen LogP contribution in [0.2, 0.25) is 0 Å².